The molecule has 4 heteroatoms. The Balaban J connectivity index is 1.80. The molecule has 2 nitrogen and oxygen atoms in total. The van der Waals surface area contributed by atoms with Crippen LogP contribution in [0.1, 0.15) is 11.1 Å². The minimum Gasteiger partial charge on any atom is -0.362 e. The minimum atomic E-state index is 0.0745. The molecule has 2 aliphatic rings. The molecular weight excluding hydrogens is 284 g/mol. The normalized spacial score (nSPS) is 27.0. The summed E-state index contributed by atoms with van der Waals surface area (Å²) < 4.78 is 1.17. The molecule has 1 aromatic carbocycles. The summed E-state index contributed by atoms with van der Waals surface area (Å²) >= 11 is 7.86. The number of hydrogen-bond acceptors (Lipinski definition) is 3. The van der Waals surface area contributed by atoms with Crippen molar-refractivity contribution in [1.29, 1.82) is 0 Å². The fourth-order valence-electron chi connectivity index (χ4n) is 2.45. The topological polar surface area (TPSA) is 24.1 Å². The van der Waals surface area contributed by atoms with Crippen molar-refractivity contribution in [2.45, 2.75) is 18.3 Å². The Morgan fingerprint density at radius 2 is 2.06 bits per heavy atom. The summed E-state index contributed by atoms with van der Waals surface area (Å²) in [5, 5.41) is 6.51. The fraction of sp³-hybridized carbons (Fsp3) is 0.333. The second-order valence-electron chi connectivity index (χ2n) is 4.33. The number of nitrogens with one attached hydrogen (secondary N) is 2. The van der Waals surface area contributed by atoms with Crippen molar-refractivity contribution in [3.8, 4) is 0 Å². The summed E-state index contributed by atoms with van der Waals surface area (Å²) in [5.74, 6) is 0.578. The number of benzene rings is 1. The van der Waals surface area contributed by atoms with Gasteiger partial charge in [-0.2, -0.15) is 0 Å². The molecule has 0 fully saturated rings. The molecule has 0 radical (unpaired) electrons. The summed E-state index contributed by atoms with van der Waals surface area (Å²) in [6.07, 6.45) is 4.31. The van der Waals surface area contributed by atoms with Crippen molar-refractivity contribution < 1.29 is 0 Å². The predicted octanol–water partition coefficient (Wildman–Crippen LogP) is 2.41. The van der Waals surface area contributed by atoms with Gasteiger partial charge >= 0.3 is 0 Å². The Kier molecular flexibility index (Phi) is 2.64. The Hall–Kier alpha value is -0.610. The van der Waals surface area contributed by atoms with Gasteiger partial charge in [-0.15, -0.1) is 12.6 Å². The third-order valence-electron chi connectivity index (χ3n) is 3.24. The van der Waals surface area contributed by atoms with E-state index in [4.69, 9.17) is 0 Å². The molecule has 1 aliphatic heterocycles. The molecule has 16 heavy (non-hydrogen) atoms. The molecule has 0 saturated carbocycles. The van der Waals surface area contributed by atoms with Gasteiger partial charge in [-0.1, -0.05) is 22.0 Å². The summed E-state index contributed by atoms with van der Waals surface area (Å²) in [5.41, 5.74) is 4.29. The van der Waals surface area contributed by atoms with Gasteiger partial charge < -0.3 is 10.6 Å². The number of rotatable bonds is 1. The van der Waals surface area contributed by atoms with Crippen LogP contribution in [0.4, 0.5) is 0 Å². The lowest BCUT2D eigenvalue weighted by atomic mass is 10.0. The van der Waals surface area contributed by atoms with Crippen LogP contribution < -0.4 is 10.6 Å². The van der Waals surface area contributed by atoms with Gasteiger partial charge in [0.2, 0.25) is 0 Å². The maximum absolute atomic E-state index is 4.34. The lowest BCUT2D eigenvalue weighted by Gasteiger charge is -2.12. The molecule has 3 rings (SSSR count). The summed E-state index contributed by atoms with van der Waals surface area (Å²) in [7, 11) is 0. The molecule has 0 bridgehead atoms. The second-order valence-corrected chi connectivity index (χ2v) is 5.76. The Labute approximate surface area is 109 Å². The molecule has 0 amide bonds. The van der Waals surface area contributed by atoms with E-state index in [9.17, 15) is 0 Å². The standard InChI is InChI=1S/C12H13BrN2S/c13-10-2-1-7-3-9(4-8(7)5-10)11-6-14-12(16)15-11/h1-2,5-6,9,12,14-16H,3-4H2. The Morgan fingerprint density at radius 1 is 1.25 bits per heavy atom. The number of fused-ring (bicyclic) bond motifs is 1. The van der Waals surface area contributed by atoms with E-state index < -0.39 is 0 Å². The zero-order chi connectivity index (χ0) is 11.1. The molecule has 2 N–H and O–H groups in total. The Bertz CT molecular complexity index is 458. The smallest absolute Gasteiger partial charge is 0.142 e. The molecule has 2 unspecified atom stereocenters. The van der Waals surface area contributed by atoms with Gasteiger partial charge in [-0.3, -0.25) is 0 Å². The first-order valence-electron chi connectivity index (χ1n) is 5.40. The zero-order valence-corrected chi connectivity index (χ0v) is 11.2. The quantitative estimate of drug-likeness (QED) is 0.694. The van der Waals surface area contributed by atoms with Crippen molar-refractivity contribution in [2.75, 3.05) is 0 Å². The lowest BCUT2D eigenvalue weighted by Crippen LogP contribution is -2.27. The average molecular weight is 297 g/mol. The molecule has 2 atom stereocenters. The van der Waals surface area contributed by atoms with E-state index in [0.717, 1.165) is 12.8 Å². The summed E-state index contributed by atoms with van der Waals surface area (Å²) in [4.78, 5) is 0. The first kappa shape index (κ1) is 10.5. The largest absolute Gasteiger partial charge is 0.362 e. The SMILES string of the molecule is SC1NC=C(C2Cc3ccc(Br)cc3C2)N1. The van der Waals surface area contributed by atoms with Gasteiger partial charge in [0.05, 0.1) is 0 Å². The van der Waals surface area contributed by atoms with Gasteiger partial charge in [0.15, 0.2) is 0 Å². The van der Waals surface area contributed by atoms with Crippen LogP contribution in [0.5, 0.6) is 0 Å². The van der Waals surface area contributed by atoms with Gasteiger partial charge in [0, 0.05) is 22.3 Å². The van der Waals surface area contributed by atoms with E-state index in [1.807, 2.05) is 0 Å². The van der Waals surface area contributed by atoms with Crippen molar-refractivity contribution >= 4 is 28.6 Å². The summed E-state index contributed by atoms with van der Waals surface area (Å²) in [6.45, 7) is 0. The zero-order valence-electron chi connectivity index (χ0n) is 8.70. The van der Waals surface area contributed by atoms with Crippen LogP contribution in [0.15, 0.2) is 34.6 Å². The highest BCUT2D eigenvalue weighted by Gasteiger charge is 2.27. The third kappa shape index (κ3) is 1.84. The van der Waals surface area contributed by atoms with Crippen LogP contribution in [-0.4, -0.2) is 5.50 Å². The second kappa shape index (κ2) is 4.00. The molecule has 1 aromatic rings. The van der Waals surface area contributed by atoms with E-state index >= 15 is 0 Å². The van der Waals surface area contributed by atoms with Gasteiger partial charge in [-0.05, 0) is 36.1 Å². The number of halogens is 1. The van der Waals surface area contributed by atoms with E-state index in [1.54, 1.807) is 0 Å². The average Bonchev–Trinajstić information content (AvgIpc) is 2.83. The number of hydrogen-bond donors (Lipinski definition) is 3. The van der Waals surface area contributed by atoms with E-state index in [2.05, 4.69) is 63.6 Å². The van der Waals surface area contributed by atoms with E-state index in [-0.39, 0.29) is 5.50 Å². The monoisotopic (exact) mass is 296 g/mol. The molecule has 0 aromatic heterocycles. The van der Waals surface area contributed by atoms with Crippen molar-refractivity contribution in [2.24, 2.45) is 5.92 Å². The first-order valence-corrected chi connectivity index (χ1v) is 6.71. The van der Waals surface area contributed by atoms with Crippen LogP contribution in [0.2, 0.25) is 0 Å². The maximum atomic E-state index is 4.34. The van der Waals surface area contributed by atoms with Crippen LogP contribution in [-0.2, 0) is 12.8 Å². The molecule has 1 heterocycles. The van der Waals surface area contributed by atoms with Gasteiger partial charge in [0.25, 0.3) is 0 Å². The van der Waals surface area contributed by atoms with Crippen LogP contribution in [0.25, 0.3) is 0 Å². The predicted molar refractivity (Wildman–Crippen MR) is 72.2 cm³/mol. The fourth-order valence-corrected chi connectivity index (χ4v) is 3.08. The number of allylic oxidation sites excluding steroid dienone is 1. The molecule has 84 valence electrons. The van der Waals surface area contributed by atoms with Crippen molar-refractivity contribution in [3.63, 3.8) is 0 Å². The molecule has 1 aliphatic carbocycles. The van der Waals surface area contributed by atoms with Crippen LogP contribution >= 0.6 is 28.6 Å². The van der Waals surface area contributed by atoms with Gasteiger partial charge in [0.1, 0.15) is 5.50 Å². The van der Waals surface area contributed by atoms with Crippen LogP contribution in [0, 0.1) is 5.92 Å². The van der Waals surface area contributed by atoms with Crippen LogP contribution in [0.3, 0.4) is 0 Å². The first-order chi connectivity index (χ1) is 7.72. The molecule has 0 spiro atoms. The Morgan fingerprint density at radius 3 is 2.81 bits per heavy atom. The minimum absolute atomic E-state index is 0.0745. The maximum Gasteiger partial charge on any atom is 0.142 e. The third-order valence-corrected chi connectivity index (χ3v) is 4.01. The highest BCUT2D eigenvalue weighted by atomic mass is 79.9. The highest BCUT2D eigenvalue weighted by molar-refractivity contribution is 9.10. The molecule has 0 saturated heterocycles. The highest BCUT2D eigenvalue weighted by Crippen LogP contribution is 2.33. The van der Waals surface area contributed by atoms with Crippen molar-refractivity contribution in [1.82, 2.24) is 10.6 Å². The van der Waals surface area contributed by atoms with E-state index in [1.165, 1.54) is 21.3 Å². The molecular formula is C12H13BrN2S. The van der Waals surface area contributed by atoms with Gasteiger partial charge in [-0.25, -0.2) is 0 Å². The lowest BCUT2D eigenvalue weighted by molar-refractivity contribution is 0.599. The summed E-state index contributed by atoms with van der Waals surface area (Å²) in [6, 6.07) is 6.58. The number of thiol groups is 1. The van der Waals surface area contributed by atoms with Crippen molar-refractivity contribution in [3.05, 3.63) is 45.7 Å². The van der Waals surface area contributed by atoms with E-state index in [0.29, 0.717) is 5.92 Å².